The molecule has 0 radical (unpaired) electrons. The van der Waals surface area contributed by atoms with Gasteiger partial charge in [-0.1, -0.05) is 45.1 Å². The first-order chi connectivity index (χ1) is 8.83. The van der Waals surface area contributed by atoms with Crippen molar-refractivity contribution in [2.45, 2.75) is 75.3 Å². The Morgan fingerprint density at radius 1 is 0.889 bits per heavy atom. The standard InChI is InChI=1S/C15H28O2Si/c1-3-17-18(16-2,14-10-6-4-7-11-14)15-12-8-5-9-13-15/h3,14-15H,1,4-13H2,2H3. The van der Waals surface area contributed by atoms with Crippen molar-refractivity contribution in [2.24, 2.45) is 0 Å². The molecule has 3 heteroatoms. The highest BCUT2D eigenvalue weighted by Crippen LogP contribution is 2.48. The fourth-order valence-corrected chi connectivity index (χ4v) is 8.55. The summed E-state index contributed by atoms with van der Waals surface area (Å²) in [7, 11) is -0.198. The first kappa shape index (κ1) is 14.1. The van der Waals surface area contributed by atoms with Crippen molar-refractivity contribution in [2.75, 3.05) is 7.11 Å². The minimum absolute atomic E-state index is 0.692. The van der Waals surface area contributed by atoms with Gasteiger partial charge in [0.1, 0.15) is 0 Å². The van der Waals surface area contributed by atoms with Crippen LogP contribution in [0.2, 0.25) is 11.1 Å². The Balaban J connectivity index is 2.15. The van der Waals surface area contributed by atoms with Gasteiger partial charge in [-0.25, -0.2) is 0 Å². The summed E-state index contributed by atoms with van der Waals surface area (Å²) in [6.45, 7) is 3.82. The first-order valence-electron chi connectivity index (χ1n) is 7.67. The average molecular weight is 268 g/mol. The Hall–Kier alpha value is -0.283. The molecule has 0 aromatic heterocycles. The number of hydrogen-bond acceptors (Lipinski definition) is 2. The second-order valence-electron chi connectivity index (χ2n) is 5.88. The van der Waals surface area contributed by atoms with Crippen molar-refractivity contribution < 1.29 is 8.85 Å². The van der Waals surface area contributed by atoms with Crippen LogP contribution in [0.1, 0.15) is 64.2 Å². The third-order valence-corrected chi connectivity index (χ3v) is 9.54. The zero-order chi connectivity index (χ0) is 12.8. The molecule has 18 heavy (non-hydrogen) atoms. The minimum atomic E-state index is -2.09. The van der Waals surface area contributed by atoms with E-state index in [1.165, 1.54) is 64.2 Å². The van der Waals surface area contributed by atoms with Gasteiger partial charge in [-0.05, 0) is 25.7 Å². The van der Waals surface area contributed by atoms with Gasteiger partial charge in [-0.3, -0.25) is 0 Å². The molecule has 0 atom stereocenters. The van der Waals surface area contributed by atoms with Gasteiger partial charge >= 0.3 is 8.56 Å². The molecule has 104 valence electrons. The highest BCUT2D eigenvalue weighted by atomic mass is 28.4. The van der Waals surface area contributed by atoms with E-state index >= 15 is 0 Å². The van der Waals surface area contributed by atoms with E-state index in [1.807, 2.05) is 7.11 Å². The van der Waals surface area contributed by atoms with Gasteiger partial charge < -0.3 is 8.85 Å². The number of hydrogen-bond donors (Lipinski definition) is 0. The zero-order valence-electron chi connectivity index (χ0n) is 11.8. The third-order valence-electron chi connectivity index (χ3n) is 4.93. The van der Waals surface area contributed by atoms with Gasteiger partial charge in [0.15, 0.2) is 0 Å². The molecule has 2 aliphatic rings. The lowest BCUT2D eigenvalue weighted by molar-refractivity contribution is 0.214. The van der Waals surface area contributed by atoms with Crippen LogP contribution in [0.15, 0.2) is 12.8 Å². The Bertz CT molecular complexity index is 237. The summed E-state index contributed by atoms with van der Waals surface area (Å²) in [5.41, 5.74) is 1.38. The molecule has 0 aromatic rings. The average Bonchev–Trinajstić information content (AvgIpc) is 2.47. The molecule has 0 saturated heterocycles. The lowest BCUT2D eigenvalue weighted by Gasteiger charge is -2.43. The van der Waals surface area contributed by atoms with E-state index in [-0.39, 0.29) is 0 Å². The van der Waals surface area contributed by atoms with Crippen molar-refractivity contribution in [3.8, 4) is 0 Å². The van der Waals surface area contributed by atoms with Crippen molar-refractivity contribution >= 4 is 8.56 Å². The van der Waals surface area contributed by atoms with E-state index in [2.05, 4.69) is 6.58 Å². The molecule has 0 bridgehead atoms. The first-order valence-corrected chi connectivity index (χ1v) is 9.64. The lowest BCUT2D eigenvalue weighted by Crippen LogP contribution is -2.50. The SMILES string of the molecule is C=CO[Si](OC)(C1CCCCC1)C1CCCCC1. The highest BCUT2D eigenvalue weighted by Gasteiger charge is 2.53. The molecule has 2 rings (SSSR count). The number of rotatable bonds is 5. The molecule has 2 nitrogen and oxygen atoms in total. The van der Waals surface area contributed by atoms with Gasteiger partial charge in [0.25, 0.3) is 0 Å². The van der Waals surface area contributed by atoms with Crippen molar-refractivity contribution in [3.05, 3.63) is 12.8 Å². The van der Waals surface area contributed by atoms with Crippen LogP contribution in [0.5, 0.6) is 0 Å². The highest BCUT2D eigenvalue weighted by molar-refractivity contribution is 6.70. The van der Waals surface area contributed by atoms with Crippen molar-refractivity contribution in [1.29, 1.82) is 0 Å². The molecule has 0 unspecified atom stereocenters. The van der Waals surface area contributed by atoms with Crippen molar-refractivity contribution in [3.63, 3.8) is 0 Å². The van der Waals surface area contributed by atoms with Crippen LogP contribution in [0, 0.1) is 0 Å². The molecule has 2 aliphatic carbocycles. The lowest BCUT2D eigenvalue weighted by atomic mass is 9.99. The van der Waals surface area contributed by atoms with Gasteiger partial charge in [0.05, 0.1) is 6.26 Å². The molecule has 2 fully saturated rings. The maximum absolute atomic E-state index is 6.14. The Labute approximate surface area is 113 Å². The predicted molar refractivity (Wildman–Crippen MR) is 77.7 cm³/mol. The molecule has 0 aliphatic heterocycles. The monoisotopic (exact) mass is 268 g/mol. The van der Waals surface area contributed by atoms with E-state index in [0.29, 0.717) is 11.1 Å². The van der Waals surface area contributed by atoms with Gasteiger partial charge in [0.2, 0.25) is 0 Å². The molecular weight excluding hydrogens is 240 g/mol. The molecule has 0 amide bonds. The zero-order valence-corrected chi connectivity index (χ0v) is 12.8. The Morgan fingerprint density at radius 2 is 1.33 bits per heavy atom. The van der Waals surface area contributed by atoms with Crippen LogP contribution in [0.25, 0.3) is 0 Å². The third kappa shape index (κ3) is 2.82. The minimum Gasteiger partial charge on any atom is -0.527 e. The summed E-state index contributed by atoms with van der Waals surface area (Å²) in [4.78, 5) is 0. The van der Waals surface area contributed by atoms with Gasteiger partial charge in [-0.2, -0.15) is 0 Å². The van der Waals surface area contributed by atoms with E-state index < -0.39 is 8.56 Å². The van der Waals surface area contributed by atoms with Gasteiger partial charge in [-0.15, -0.1) is 0 Å². The fourth-order valence-electron chi connectivity index (χ4n) is 4.05. The van der Waals surface area contributed by atoms with Crippen LogP contribution < -0.4 is 0 Å². The summed E-state index contributed by atoms with van der Waals surface area (Å²) in [5, 5.41) is 0. The Morgan fingerprint density at radius 3 is 1.67 bits per heavy atom. The van der Waals surface area contributed by atoms with E-state index in [9.17, 15) is 0 Å². The quantitative estimate of drug-likeness (QED) is 0.521. The normalized spacial score (nSPS) is 23.8. The molecule has 0 N–H and O–H groups in total. The molecule has 2 saturated carbocycles. The van der Waals surface area contributed by atoms with Gasteiger partial charge in [0, 0.05) is 18.2 Å². The summed E-state index contributed by atoms with van der Waals surface area (Å²) in [5.74, 6) is 0. The summed E-state index contributed by atoms with van der Waals surface area (Å²) >= 11 is 0. The largest absolute Gasteiger partial charge is 0.527 e. The van der Waals surface area contributed by atoms with Crippen LogP contribution in [0.3, 0.4) is 0 Å². The molecular formula is C15H28O2Si. The van der Waals surface area contributed by atoms with E-state index in [1.54, 1.807) is 6.26 Å². The fraction of sp³-hybridized carbons (Fsp3) is 0.867. The van der Waals surface area contributed by atoms with Crippen LogP contribution in [-0.4, -0.2) is 15.7 Å². The maximum Gasteiger partial charge on any atom is 0.404 e. The van der Waals surface area contributed by atoms with Crippen LogP contribution in [0.4, 0.5) is 0 Å². The summed E-state index contributed by atoms with van der Waals surface area (Å²) in [6.07, 6.45) is 15.1. The van der Waals surface area contributed by atoms with Crippen LogP contribution in [-0.2, 0) is 8.85 Å². The van der Waals surface area contributed by atoms with E-state index in [0.717, 1.165) is 0 Å². The Kier molecular flexibility index (Phi) is 5.31. The summed E-state index contributed by atoms with van der Waals surface area (Å²) in [6, 6.07) is 0. The second-order valence-corrected chi connectivity index (χ2v) is 9.60. The molecule has 0 aromatic carbocycles. The smallest absolute Gasteiger partial charge is 0.404 e. The predicted octanol–water partition coefficient (Wildman–Crippen LogP) is 4.90. The molecule has 0 spiro atoms. The van der Waals surface area contributed by atoms with Crippen LogP contribution >= 0.6 is 0 Å². The second kappa shape index (κ2) is 6.76. The van der Waals surface area contributed by atoms with Crippen molar-refractivity contribution in [1.82, 2.24) is 0 Å². The topological polar surface area (TPSA) is 18.5 Å². The maximum atomic E-state index is 6.14. The van der Waals surface area contributed by atoms with E-state index in [4.69, 9.17) is 8.85 Å². The molecule has 0 heterocycles. The summed E-state index contributed by atoms with van der Waals surface area (Å²) < 4.78 is 12.2.